The van der Waals surface area contributed by atoms with Crippen LogP contribution in [0.5, 0.6) is 0 Å². The summed E-state index contributed by atoms with van der Waals surface area (Å²) in [4.78, 5) is 11.8. The fourth-order valence-electron chi connectivity index (χ4n) is 3.14. The molecule has 2 aliphatic rings. The number of methoxy groups -OCH3 is 1. The summed E-state index contributed by atoms with van der Waals surface area (Å²) in [5.74, 6) is 0.426. The SMILES string of the molecule is COC(=O)c1cccc(C2(C3CCCC3)SC=CS2)c1. The van der Waals surface area contributed by atoms with Gasteiger partial charge in [-0.2, -0.15) is 0 Å². The lowest BCUT2D eigenvalue weighted by molar-refractivity contribution is 0.0600. The second-order valence-corrected chi connectivity index (χ2v) is 7.79. The van der Waals surface area contributed by atoms with Crippen LogP contribution in [0.25, 0.3) is 0 Å². The third kappa shape index (κ3) is 2.40. The van der Waals surface area contributed by atoms with E-state index in [0.29, 0.717) is 11.5 Å². The topological polar surface area (TPSA) is 26.3 Å². The minimum absolute atomic E-state index is 0.0561. The fraction of sp³-hybridized carbons (Fsp3) is 0.438. The van der Waals surface area contributed by atoms with Crippen LogP contribution in [0.3, 0.4) is 0 Å². The fourth-order valence-corrected chi connectivity index (χ4v) is 5.92. The molecule has 0 aromatic heterocycles. The maximum absolute atomic E-state index is 11.8. The highest BCUT2D eigenvalue weighted by Gasteiger charge is 2.44. The van der Waals surface area contributed by atoms with E-state index in [1.54, 1.807) is 0 Å². The summed E-state index contributed by atoms with van der Waals surface area (Å²) in [7, 11) is 1.43. The zero-order valence-corrected chi connectivity index (χ0v) is 13.1. The number of hydrogen-bond acceptors (Lipinski definition) is 4. The highest BCUT2D eigenvalue weighted by molar-refractivity contribution is 8.22. The van der Waals surface area contributed by atoms with E-state index >= 15 is 0 Å². The van der Waals surface area contributed by atoms with Crippen molar-refractivity contribution in [2.24, 2.45) is 5.92 Å². The molecule has 0 spiro atoms. The second-order valence-electron chi connectivity index (χ2n) is 5.23. The van der Waals surface area contributed by atoms with Gasteiger partial charge in [0.2, 0.25) is 0 Å². The van der Waals surface area contributed by atoms with Crippen molar-refractivity contribution in [2.45, 2.75) is 29.8 Å². The van der Waals surface area contributed by atoms with Gasteiger partial charge in [-0.1, -0.05) is 25.0 Å². The van der Waals surface area contributed by atoms with Crippen LogP contribution < -0.4 is 0 Å². The van der Waals surface area contributed by atoms with Crippen LogP contribution in [-0.2, 0) is 8.82 Å². The quantitative estimate of drug-likeness (QED) is 0.752. The van der Waals surface area contributed by atoms with Crippen molar-refractivity contribution >= 4 is 29.5 Å². The Hall–Kier alpha value is -0.870. The third-order valence-corrected chi connectivity index (χ3v) is 7.25. The standard InChI is InChI=1S/C16H18O2S2/c1-18-15(17)12-5-4-8-14(11-12)16(19-9-10-20-16)13-6-2-3-7-13/h4-5,8-11,13H,2-3,6-7H2,1H3. The average molecular weight is 306 g/mol. The molecule has 0 atom stereocenters. The van der Waals surface area contributed by atoms with Crippen LogP contribution in [-0.4, -0.2) is 13.1 Å². The van der Waals surface area contributed by atoms with Gasteiger partial charge in [-0.05, 0) is 47.3 Å². The Balaban J connectivity index is 1.97. The van der Waals surface area contributed by atoms with Crippen molar-refractivity contribution < 1.29 is 9.53 Å². The van der Waals surface area contributed by atoms with Crippen molar-refractivity contribution in [3.8, 4) is 0 Å². The van der Waals surface area contributed by atoms with E-state index in [9.17, 15) is 4.79 Å². The molecule has 1 aromatic carbocycles. The predicted octanol–water partition coefficient (Wildman–Crippen LogP) is 4.77. The van der Waals surface area contributed by atoms with Crippen molar-refractivity contribution in [2.75, 3.05) is 7.11 Å². The number of carbonyl (C=O) groups is 1. The van der Waals surface area contributed by atoms with Crippen molar-refractivity contribution in [1.29, 1.82) is 0 Å². The molecule has 0 saturated heterocycles. The first-order valence-corrected chi connectivity index (χ1v) is 8.72. The van der Waals surface area contributed by atoms with Crippen molar-refractivity contribution in [1.82, 2.24) is 0 Å². The highest BCUT2D eigenvalue weighted by atomic mass is 32.2. The van der Waals surface area contributed by atoms with Crippen LogP contribution >= 0.6 is 23.5 Å². The Labute approximate surface area is 128 Å². The Morgan fingerprint density at radius 1 is 1.25 bits per heavy atom. The summed E-state index contributed by atoms with van der Waals surface area (Å²) < 4.78 is 4.90. The van der Waals surface area contributed by atoms with Gasteiger partial charge in [0.05, 0.1) is 16.8 Å². The van der Waals surface area contributed by atoms with E-state index in [0.717, 1.165) is 0 Å². The molecule has 0 unspecified atom stereocenters. The Morgan fingerprint density at radius 2 is 1.95 bits per heavy atom. The van der Waals surface area contributed by atoms with Gasteiger partial charge in [0.1, 0.15) is 0 Å². The molecule has 1 saturated carbocycles. The molecule has 20 heavy (non-hydrogen) atoms. The normalized spacial score (nSPS) is 21.2. The molecule has 2 nitrogen and oxygen atoms in total. The summed E-state index contributed by atoms with van der Waals surface area (Å²) in [6.45, 7) is 0. The van der Waals surface area contributed by atoms with Gasteiger partial charge in [0.15, 0.2) is 0 Å². The predicted molar refractivity (Wildman–Crippen MR) is 85.7 cm³/mol. The smallest absolute Gasteiger partial charge is 0.337 e. The largest absolute Gasteiger partial charge is 0.465 e. The minimum atomic E-state index is -0.255. The van der Waals surface area contributed by atoms with Gasteiger partial charge in [-0.3, -0.25) is 0 Å². The minimum Gasteiger partial charge on any atom is -0.465 e. The number of hydrogen-bond donors (Lipinski definition) is 0. The van der Waals surface area contributed by atoms with Gasteiger partial charge < -0.3 is 4.74 Å². The Bertz CT molecular complexity index is 525. The molecule has 3 rings (SSSR count). The van der Waals surface area contributed by atoms with Gasteiger partial charge in [0, 0.05) is 0 Å². The van der Waals surface area contributed by atoms with Crippen LogP contribution in [0.2, 0.25) is 0 Å². The lowest BCUT2D eigenvalue weighted by Crippen LogP contribution is -2.24. The second kappa shape index (κ2) is 5.86. The molecule has 106 valence electrons. The number of thioether (sulfide) groups is 2. The van der Waals surface area contributed by atoms with Crippen molar-refractivity contribution in [3.63, 3.8) is 0 Å². The molecule has 0 bridgehead atoms. The summed E-state index contributed by atoms with van der Waals surface area (Å²) in [5.41, 5.74) is 1.89. The number of rotatable bonds is 3. The van der Waals surface area contributed by atoms with Gasteiger partial charge in [-0.15, -0.1) is 23.5 Å². The van der Waals surface area contributed by atoms with E-state index in [2.05, 4.69) is 16.9 Å². The summed E-state index contributed by atoms with van der Waals surface area (Å²) in [5, 5.41) is 4.38. The molecule has 1 aliphatic heterocycles. The average Bonchev–Trinajstić information content (AvgIpc) is 3.17. The van der Waals surface area contributed by atoms with Crippen LogP contribution in [0.4, 0.5) is 0 Å². The zero-order valence-electron chi connectivity index (χ0n) is 11.5. The third-order valence-electron chi connectivity index (χ3n) is 4.12. The van der Waals surface area contributed by atoms with Crippen LogP contribution in [0.15, 0.2) is 35.1 Å². The van der Waals surface area contributed by atoms with Crippen LogP contribution in [0.1, 0.15) is 41.6 Å². The molecule has 1 aliphatic carbocycles. The summed E-state index contributed by atoms with van der Waals surface area (Å²) >= 11 is 3.80. The lowest BCUT2D eigenvalue weighted by Gasteiger charge is -2.34. The summed E-state index contributed by atoms with van der Waals surface area (Å²) in [6.07, 6.45) is 5.21. The number of carbonyl (C=O) groups excluding carboxylic acids is 1. The van der Waals surface area contributed by atoms with E-state index < -0.39 is 0 Å². The molecule has 0 radical (unpaired) electrons. The number of benzene rings is 1. The molecule has 1 fully saturated rings. The first kappa shape index (κ1) is 14.1. The molecular weight excluding hydrogens is 288 g/mol. The maximum atomic E-state index is 11.8. The molecular formula is C16H18O2S2. The highest BCUT2D eigenvalue weighted by Crippen LogP contribution is 2.61. The molecule has 1 aromatic rings. The molecule has 1 heterocycles. The van der Waals surface area contributed by atoms with Gasteiger partial charge >= 0.3 is 5.97 Å². The van der Waals surface area contributed by atoms with E-state index in [-0.39, 0.29) is 10.0 Å². The van der Waals surface area contributed by atoms with Crippen molar-refractivity contribution in [3.05, 3.63) is 46.2 Å². The van der Waals surface area contributed by atoms with Gasteiger partial charge in [0.25, 0.3) is 0 Å². The number of ether oxygens (including phenoxy) is 1. The molecule has 4 heteroatoms. The van der Waals surface area contributed by atoms with Gasteiger partial charge in [-0.25, -0.2) is 4.79 Å². The number of esters is 1. The molecule has 0 amide bonds. The lowest BCUT2D eigenvalue weighted by atomic mass is 9.95. The summed E-state index contributed by atoms with van der Waals surface area (Å²) in [6, 6.07) is 7.96. The Kier molecular flexibility index (Phi) is 4.13. The monoisotopic (exact) mass is 306 g/mol. The molecule has 0 N–H and O–H groups in total. The van der Waals surface area contributed by atoms with E-state index in [1.807, 2.05) is 41.7 Å². The zero-order chi connectivity index (χ0) is 14.0. The Morgan fingerprint density at radius 3 is 2.60 bits per heavy atom. The van der Waals surface area contributed by atoms with E-state index in [4.69, 9.17) is 4.74 Å². The maximum Gasteiger partial charge on any atom is 0.337 e. The first-order chi connectivity index (χ1) is 9.76. The van der Waals surface area contributed by atoms with Crippen LogP contribution in [0, 0.1) is 5.92 Å². The first-order valence-electron chi connectivity index (χ1n) is 6.96. The van der Waals surface area contributed by atoms with E-state index in [1.165, 1.54) is 38.4 Å².